The summed E-state index contributed by atoms with van der Waals surface area (Å²) >= 11 is 0. The molecule has 1 unspecified atom stereocenters. The number of likely N-dealkylation sites (N-methyl/N-ethyl adjacent to an activating group) is 1. The lowest BCUT2D eigenvalue weighted by Gasteiger charge is -2.31. The third kappa shape index (κ3) is 2.38. The van der Waals surface area contributed by atoms with Gasteiger partial charge in [0, 0.05) is 12.5 Å². The lowest BCUT2D eigenvalue weighted by molar-refractivity contribution is 0.0687. The Morgan fingerprint density at radius 3 is 3.05 bits per heavy atom. The first kappa shape index (κ1) is 13.1. The van der Waals surface area contributed by atoms with Crippen LogP contribution in [0.15, 0.2) is 18.2 Å². The summed E-state index contributed by atoms with van der Waals surface area (Å²) in [4.78, 5) is 18.0. The third-order valence-corrected chi connectivity index (χ3v) is 3.96. The van der Waals surface area contributed by atoms with E-state index in [4.69, 9.17) is 5.11 Å². The fourth-order valence-electron chi connectivity index (χ4n) is 2.81. The van der Waals surface area contributed by atoms with E-state index in [0.29, 0.717) is 11.7 Å². The molecule has 3 heterocycles. The van der Waals surface area contributed by atoms with Crippen molar-refractivity contribution in [3.8, 4) is 0 Å². The first-order chi connectivity index (χ1) is 9.65. The van der Waals surface area contributed by atoms with E-state index >= 15 is 0 Å². The Bertz CT molecular complexity index is 637. The van der Waals surface area contributed by atoms with Gasteiger partial charge in [0.05, 0.1) is 0 Å². The van der Waals surface area contributed by atoms with Gasteiger partial charge in [0.25, 0.3) is 0 Å². The molecule has 1 aliphatic heterocycles. The van der Waals surface area contributed by atoms with E-state index in [0.717, 1.165) is 25.2 Å². The number of piperidine rings is 1. The molecule has 0 saturated carbocycles. The highest BCUT2D eigenvalue weighted by molar-refractivity contribution is 5.86. The summed E-state index contributed by atoms with van der Waals surface area (Å²) in [7, 11) is 2.13. The number of carboxylic acid groups (broad SMARTS) is 1. The highest BCUT2D eigenvalue weighted by atomic mass is 16.4. The number of carbonyl (C=O) groups is 1. The predicted molar refractivity (Wildman–Crippen MR) is 73.9 cm³/mol. The largest absolute Gasteiger partial charge is 0.477 e. The van der Waals surface area contributed by atoms with Crippen molar-refractivity contribution >= 4 is 11.6 Å². The number of hydrogen-bond acceptors (Lipinski definition) is 4. The lowest BCUT2D eigenvalue weighted by atomic mass is 10.00. The van der Waals surface area contributed by atoms with Crippen LogP contribution in [-0.4, -0.2) is 50.2 Å². The van der Waals surface area contributed by atoms with Crippen molar-refractivity contribution in [3.05, 3.63) is 29.7 Å². The van der Waals surface area contributed by atoms with Crippen LogP contribution in [0.25, 0.3) is 5.65 Å². The van der Waals surface area contributed by atoms with E-state index < -0.39 is 5.97 Å². The highest BCUT2D eigenvalue weighted by Gasteiger charge is 2.21. The summed E-state index contributed by atoms with van der Waals surface area (Å²) in [6.45, 7) is 1.11. The monoisotopic (exact) mass is 274 g/mol. The lowest BCUT2D eigenvalue weighted by Crippen LogP contribution is -2.37. The van der Waals surface area contributed by atoms with Crippen molar-refractivity contribution in [2.24, 2.45) is 0 Å². The van der Waals surface area contributed by atoms with Crippen LogP contribution in [0.4, 0.5) is 0 Å². The summed E-state index contributed by atoms with van der Waals surface area (Å²) in [5.74, 6) is -0.265. The molecule has 6 heteroatoms. The Morgan fingerprint density at radius 2 is 2.30 bits per heavy atom. The Hall–Kier alpha value is -1.95. The Labute approximate surface area is 117 Å². The van der Waals surface area contributed by atoms with Crippen LogP contribution >= 0.6 is 0 Å². The molecule has 2 aromatic rings. The molecule has 0 radical (unpaired) electrons. The fraction of sp³-hybridized carbons (Fsp3) is 0.500. The molecule has 2 aromatic heterocycles. The van der Waals surface area contributed by atoms with Gasteiger partial charge < -0.3 is 10.0 Å². The van der Waals surface area contributed by atoms with Gasteiger partial charge in [0.2, 0.25) is 0 Å². The molecule has 106 valence electrons. The molecule has 0 amide bonds. The zero-order chi connectivity index (χ0) is 14.1. The van der Waals surface area contributed by atoms with Gasteiger partial charge in [-0.05, 0) is 38.6 Å². The predicted octanol–water partition coefficient (Wildman–Crippen LogP) is 1.45. The molecule has 1 fully saturated rings. The van der Waals surface area contributed by atoms with Crippen LogP contribution in [0, 0.1) is 0 Å². The Balaban J connectivity index is 1.89. The summed E-state index contributed by atoms with van der Waals surface area (Å²) in [6.07, 6.45) is 4.41. The van der Waals surface area contributed by atoms with E-state index in [-0.39, 0.29) is 5.69 Å². The molecule has 1 N–H and O–H groups in total. The van der Waals surface area contributed by atoms with Crippen molar-refractivity contribution in [1.29, 1.82) is 0 Å². The second-order valence-electron chi connectivity index (χ2n) is 5.35. The van der Waals surface area contributed by atoms with E-state index in [2.05, 4.69) is 22.0 Å². The summed E-state index contributed by atoms with van der Waals surface area (Å²) in [6, 6.07) is 5.48. The van der Waals surface area contributed by atoms with Crippen LogP contribution in [0.2, 0.25) is 0 Å². The topological polar surface area (TPSA) is 70.7 Å². The number of nitrogens with zero attached hydrogens (tertiary/aromatic N) is 4. The van der Waals surface area contributed by atoms with Gasteiger partial charge in [-0.3, -0.25) is 0 Å². The van der Waals surface area contributed by atoms with E-state index in [1.54, 1.807) is 18.2 Å². The van der Waals surface area contributed by atoms with Gasteiger partial charge in [0.1, 0.15) is 0 Å². The molecule has 0 aromatic carbocycles. The van der Waals surface area contributed by atoms with Crippen molar-refractivity contribution < 1.29 is 9.90 Å². The SMILES string of the molecule is CN1CCCCC1Cc1nc2cccc(C(=O)O)n2n1. The molecule has 0 bridgehead atoms. The van der Waals surface area contributed by atoms with Crippen molar-refractivity contribution in [2.45, 2.75) is 31.7 Å². The van der Waals surface area contributed by atoms with Gasteiger partial charge in [0.15, 0.2) is 17.2 Å². The molecule has 3 rings (SSSR count). The zero-order valence-corrected chi connectivity index (χ0v) is 11.5. The summed E-state index contributed by atoms with van der Waals surface area (Å²) < 4.78 is 1.42. The highest BCUT2D eigenvalue weighted by Crippen LogP contribution is 2.18. The van der Waals surface area contributed by atoms with Gasteiger partial charge in [-0.25, -0.2) is 14.3 Å². The van der Waals surface area contributed by atoms with Crippen LogP contribution in [0.3, 0.4) is 0 Å². The molecule has 20 heavy (non-hydrogen) atoms. The zero-order valence-electron chi connectivity index (χ0n) is 11.5. The van der Waals surface area contributed by atoms with Crippen molar-refractivity contribution in [3.63, 3.8) is 0 Å². The minimum absolute atomic E-state index is 0.151. The number of carboxylic acids is 1. The maximum absolute atomic E-state index is 11.2. The van der Waals surface area contributed by atoms with Gasteiger partial charge in [-0.15, -0.1) is 0 Å². The maximum Gasteiger partial charge on any atom is 0.354 e. The fourth-order valence-corrected chi connectivity index (χ4v) is 2.81. The molecular formula is C14H18N4O2. The molecule has 1 saturated heterocycles. The first-order valence-corrected chi connectivity index (χ1v) is 6.93. The number of likely N-dealkylation sites (tertiary alicyclic amines) is 1. The van der Waals surface area contributed by atoms with Crippen LogP contribution in [0.5, 0.6) is 0 Å². The minimum atomic E-state index is -0.984. The average molecular weight is 274 g/mol. The minimum Gasteiger partial charge on any atom is -0.477 e. The van der Waals surface area contributed by atoms with Crippen LogP contribution in [-0.2, 0) is 6.42 Å². The van der Waals surface area contributed by atoms with E-state index in [1.165, 1.54) is 17.4 Å². The molecule has 6 nitrogen and oxygen atoms in total. The Morgan fingerprint density at radius 1 is 1.45 bits per heavy atom. The van der Waals surface area contributed by atoms with E-state index in [1.807, 2.05) is 0 Å². The number of aromatic carboxylic acids is 1. The Kier molecular flexibility index (Phi) is 3.40. The number of pyridine rings is 1. The molecule has 1 atom stereocenters. The summed E-state index contributed by atoms with van der Waals surface area (Å²) in [5, 5.41) is 13.5. The number of aromatic nitrogens is 3. The maximum atomic E-state index is 11.2. The average Bonchev–Trinajstić information content (AvgIpc) is 2.83. The molecule has 1 aliphatic rings. The molecule has 0 spiro atoms. The second-order valence-corrected chi connectivity index (χ2v) is 5.35. The van der Waals surface area contributed by atoms with Gasteiger partial charge in [-0.2, -0.15) is 5.10 Å². The van der Waals surface area contributed by atoms with Gasteiger partial charge in [-0.1, -0.05) is 12.5 Å². The quantitative estimate of drug-likeness (QED) is 0.917. The molecular weight excluding hydrogens is 256 g/mol. The van der Waals surface area contributed by atoms with Crippen LogP contribution in [0.1, 0.15) is 35.6 Å². The third-order valence-electron chi connectivity index (χ3n) is 3.96. The van der Waals surface area contributed by atoms with Gasteiger partial charge >= 0.3 is 5.97 Å². The first-order valence-electron chi connectivity index (χ1n) is 6.93. The number of fused-ring (bicyclic) bond motifs is 1. The normalized spacial score (nSPS) is 20.4. The van der Waals surface area contributed by atoms with Crippen molar-refractivity contribution in [1.82, 2.24) is 19.5 Å². The standard InChI is InChI=1S/C14H18N4O2/c1-17-8-3-2-5-10(17)9-12-15-13-7-4-6-11(14(19)20)18(13)16-12/h4,6-7,10H,2-3,5,8-9H2,1H3,(H,19,20). The van der Waals surface area contributed by atoms with Crippen molar-refractivity contribution in [2.75, 3.05) is 13.6 Å². The summed E-state index contributed by atoms with van der Waals surface area (Å²) in [5.41, 5.74) is 0.747. The van der Waals surface area contributed by atoms with E-state index in [9.17, 15) is 4.79 Å². The number of hydrogen-bond donors (Lipinski definition) is 1. The second kappa shape index (κ2) is 5.20. The smallest absolute Gasteiger partial charge is 0.354 e. The molecule has 0 aliphatic carbocycles. The van der Waals surface area contributed by atoms with Crippen LogP contribution < -0.4 is 0 Å². The number of rotatable bonds is 3.